The van der Waals surface area contributed by atoms with Crippen molar-refractivity contribution in [2.45, 2.75) is 25.8 Å². The van der Waals surface area contributed by atoms with Crippen molar-refractivity contribution in [3.8, 4) is 6.07 Å². The average Bonchev–Trinajstić information content (AvgIpc) is 2.31. The maximum absolute atomic E-state index is 8.68. The van der Waals surface area contributed by atoms with E-state index in [1.807, 2.05) is 12.1 Å². The first-order valence-electron chi connectivity index (χ1n) is 5.33. The maximum atomic E-state index is 8.68. The van der Waals surface area contributed by atoms with Gasteiger partial charge >= 0.3 is 0 Å². The van der Waals surface area contributed by atoms with E-state index < -0.39 is 0 Å². The van der Waals surface area contributed by atoms with Crippen LogP contribution in [-0.4, -0.2) is 28.0 Å². The fraction of sp³-hybridized carbons (Fsp3) is 0.545. The predicted octanol–water partition coefficient (Wildman–Crippen LogP) is 1.33. The molecule has 4 heteroatoms. The Bertz CT molecular complexity index is 363. The molecule has 4 nitrogen and oxygen atoms in total. The molecule has 2 heterocycles. The van der Waals surface area contributed by atoms with Gasteiger partial charge in [0.05, 0.1) is 5.69 Å². The van der Waals surface area contributed by atoms with Gasteiger partial charge in [-0.25, -0.2) is 9.97 Å². The average molecular weight is 202 g/mol. The van der Waals surface area contributed by atoms with Gasteiger partial charge < -0.3 is 0 Å². The molecule has 15 heavy (non-hydrogen) atoms. The third-order valence-corrected chi connectivity index (χ3v) is 2.65. The van der Waals surface area contributed by atoms with E-state index in [1.165, 1.54) is 19.3 Å². The van der Waals surface area contributed by atoms with Gasteiger partial charge in [-0.15, -0.1) is 0 Å². The van der Waals surface area contributed by atoms with Crippen LogP contribution in [0.1, 0.15) is 30.8 Å². The van der Waals surface area contributed by atoms with Crippen molar-refractivity contribution in [1.82, 2.24) is 14.9 Å². The van der Waals surface area contributed by atoms with Crippen LogP contribution in [0, 0.1) is 11.3 Å². The Hall–Kier alpha value is -1.47. The van der Waals surface area contributed by atoms with Crippen molar-refractivity contribution in [2.24, 2.45) is 0 Å². The molecule has 0 aromatic carbocycles. The highest BCUT2D eigenvalue weighted by molar-refractivity contribution is 5.12. The van der Waals surface area contributed by atoms with E-state index in [0.29, 0.717) is 0 Å². The number of likely N-dealkylation sites (tertiary alicyclic amines) is 1. The van der Waals surface area contributed by atoms with Gasteiger partial charge in [-0.3, -0.25) is 4.90 Å². The molecule has 0 saturated carbocycles. The Morgan fingerprint density at radius 3 is 2.87 bits per heavy atom. The molecular weight excluding hydrogens is 188 g/mol. The minimum Gasteiger partial charge on any atom is -0.298 e. The van der Waals surface area contributed by atoms with E-state index in [0.717, 1.165) is 25.3 Å². The zero-order chi connectivity index (χ0) is 10.5. The molecule has 0 atom stereocenters. The number of hydrogen-bond acceptors (Lipinski definition) is 4. The summed E-state index contributed by atoms with van der Waals surface area (Å²) in [5.74, 6) is 0.268. The Labute approximate surface area is 89.6 Å². The standard InChI is InChI=1S/C11H14N4/c12-8-11-13-5-4-10(14-11)9-15-6-2-1-3-7-15/h4-5H,1-3,6-7,9H2. The molecule has 0 N–H and O–H groups in total. The summed E-state index contributed by atoms with van der Waals surface area (Å²) in [6, 6.07) is 3.85. The zero-order valence-electron chi connectivity index (χ0n) is 8.69. The van der Waals surface area contributed by atoms with E-state index in [4.69, 9.17) is 5.26 Å². The maximum Gasteiger partial charge on any atom is 0.232 e. The van der Waals surface area contributed by atoms with Crippen LogP contribution in [0.5, 0.6) is 0 Å². The van der Waals surface area contributed by atoms with Gasteiger partial charge in [-0.05, 0) is 32.0 Å². The molecule has 1 saturated heterocycles. The van der Waals surface area contributed by atoms with E-state index >= 15 is 0 Å². The summed E-state index contributed by atoms with van der Waals surface area (Å²) in [4.78, 5) is 10.4. The highest BCUT2D eigenvalue weighted by Crippen LogP contribution is 2.11. The zero-order valence-corrected chi connectivity index (χ0v) is 8.69. The Morgan fingerprint density at radius 1 is 1.33 bits per heavy atom. The Morgan fingerprint density at radius 2 is 2.13 bits per heavy atom. The van der Waals surface area contributed by atoms with Crippen LogP contribution >= 0.6 is 0 Å². The van der Waals surface area contributed by atoms with E-state index in [-0.39, 0.29) is 5.82 Å². The molecule has 1 aliphatic heterocycles. The summed E-state index contributed by atoms with van der Waals surface area (Å²) in [6.07, 6.45) is 5.54. The second kappa shape index (κ2) is 4.85. The van der Waals surface area contributed by atoms with E-state index in [9.17, 15) is 0 Å². The quantitative estimate of drug-likeness (QED) is 0.726. The van der Waals surface area contributed by atoms with Crippen LogP contribution in [0.2, 0.25) is 0 Å². The second-order valence-corrected chi connectivity index (χ2v) is 3.82. The fourth-order valence-electron chi connectivity index (χ4n) is 1.88. The topological polar surface area (TPSA) is 52.8 Å². The summed E-state index contributed by atoms with van der Waals surface area (Å²) in [5.41, 5.74) is 0.948. The van der Waals surface area contributed by atoms with Crippen molar-refractivity contribution in [2.75, 3.05) is 13.1 Å². The van der Waals surface area contributed by atoms with Gasteiger partial charge in [0.15, 0.2) is 0 Å². The summed E-state index contributed by atoms with van der Waals surface area (Å²) >= 11 is 0. The Kier molecular flexibility index (Phi) is 3.25. The lowest BCUT2D eigenvalue weighted by atomic mass is 10.1. The Balaban J connectivity index is 2.00. The molecule has 1 aliphatic rings. The largest absolute Gasteiger partial charge is 0.298 e. The number of rotatable bonds is 2. The molecule has 1 fully saturated rings. The highest BCUT2D eigenvalue weighted by Gasteiger charge is 2.11. The number of hydrogen-bond donors (Lipinski definition) is 0. The first-order valence-corrected chi connectivity index (χ1v) is 5.33. The number of piperidine rings is 1. The van der Waals surface area contributed by atoms with Gasteiger partial charge in [-0.2, -0.15) is 5.26 Å². The molecule has 0 radical (unpaired) electrons. The molecule has 0 bridgehead atoms. The lowest BCUT2D eigenvalue weighted by Crippen LogP contribution is -2.29. The van der Waals surface area contributed by atoms with Gasteiger partial charge in [0, 0.05) is 12.7 Å². The van der Waals surface area contributed by atoms with Gasteiger partial charge in [0.25, 0.3) is 0 Å². The summed E-state index contributed by atoms with van der Waals surface area (Å²) in [5, 5.41) is 8.68. The molecule has 0 spiro atoms. The van der Waals surface area contributed by atoms with Crippen LogP contribution in [-0.2, 0) is 6.54 Å². The molecule has 0 aliphatic carbocycles. The lowest BCUT2D eigenvalue weighted by Gasteiger charge is -2.25. The van der Waals surface area contributed by atoms with Gasteiger partial charge in [0.2, 0.25) is 5.82 Å². The van der Waals surface area contributed by atoms with Gasteiger partial charge in [-0.1, -0.05) is 6.42 Å². The van der Waals surface area contributed by atoms with Crippen LogP contribution in [0.4, 0.5) is 0 Å². The fourth-order valence-corrected chi connectivity index (χ4v) is 1.88. The molecule has 0 amide bonds. The normalized spacial score (nSPS) is 17.3. The minimum atomic E-state index is 0.268. The third-order valence-electron chi connectivity index (χ3n) is 2.65. The van der Waals surface area contributed by atoms with E-state index in [2.05, 4.69) is 14.9 Å². The first-order chi connectivity index (χ1) is 7.38. The first kappa shape index (κ1) is 10.1. The molecule has 0 unspecified atom stereocenters. The van der Waals surface area contributed by atoms with Crippen molar-refractivity contribution in [1.29, 1.82) is 5.26 Å². The van der Waals surface area contributed by atoms with Crippen LogP contribution < -0.4 is 0 Å². The van der Waals surface area contributed by atoms with Crippen molar-refractivity contribution < 1.29 is 0 Å². The van der Waals surface area contributed by atoms with Crippen molar-refractivity contribution in [3.05, 3.63) is 23.8 Å². The molecule has 1 aromatic rings. The lowest BCUT2D eigenvalue weighted by molar-refractivity contribution is 0.218. The van der Waals surface area contributed by atoms with Crippen molar-refractivity contribution in [3.63, 3.8) is 0 Å². The number of nitrogens with zero attached hydrogens (tertiary/aromatic N) is 4. The third kappa shape index (κ3) is 2.74. The van der Waals surface area contributed by atoms with Gasteiger partial charge in [0.1, 0.15) is 6.07 Å². The SMILES string of the molecule is N#Cc1nccc(CN2CCCCC2)n1. The molecule has 2 rings (SSSR count). The molecular formula is C11H14N4. The van der Waals surface area contributed by atoms with E-state index in [1.54, 1.807) is 6.20 Å². The summed E-state index contributed by atoms with van der Waals surface area (Å²) in [6.45, 7) is 3.13. The summed E-state index contributed by atoms with van der Waals surface area (Å²) in [7, 11) is 0. The molecule has 1 aromatic heterocycles. The molecule has 78 valence electrons. The number of nitriles is 1. The van der Waals surface area contributed by atoms with Crippen LogP contribution in [0.25, 0.3) is 0 Å². The monoisotopic (exact) mass is 202 g/mol. The highest BCUT2D eigenvalue weighted by atomic mass is 15.1. The van der Waals surface area contributed by atoms with Crippen LogP contribution in [0.15, 0.2) is 12.3 Å². The number of aromatic nitrogens is 2. The minimum absolute atomic E-state index is 0.268. The summed E-state index contributed by atoms with van der Waals surface area (Å²) < 4.78 is 0. The van der Waals surface area contributed by atoms with Crippen molar-refractivity contribution >= 4 is 0 Å². The smallest absolute Gasteiger partial charge is 0.232 e. The predicted molar refractivity (Wildman–Crippen MR) is 55.9 cm³/mol. The second-order valence-electron chi connectivity index (χ2n) is 3.82. The van der Waals surface area contributed by atoms with Crippen LogP contribution in [0.3, 0.4) is 0 Å².